The van der Waals surface area contributed by atoms with Crippen molar-refractivity contribution in [2.24, 2.45) is 15.1 Å². The molecule has 0 fully saturated rings. The summed E-state index contributed by atoms with van der Waals surface area (Å²) in [5.41, 5.74) is 5.76. The van der Waals surface area contributed by atoms with Crippen LogP contribution in [0.3, 0.4) is 0 Å². The molecule has 92 valence electrons. The summed E-state index contributed by atoms with van der Waals surface area (Å²) in [6, 6.07) is 8.73. The first kappa shape index (κ1) is 14.8. The highest BCUT2D eigenvalue weighted by molar-refractivity contribution is 7.62. The van der Waals surface area contributed by atoms with Crippen LogP contribution in [0.4, 0.5) is 5.69 Å². The number of carbonyl (C=O) groups is 1. The molecule has 1 rings (SSSR count). The van der Waals surface area contributed by atoms with Gasteiger partial charge in [-0.1, -0.05) is 22.6 Å². The number of rotatable bonds is 1. The Balaban J connectivity index is 0.000000557. The van der Waals surface area contributed by atoms with Crippen molar-refractivity contribution < 1.29 is 18.3 Å². The van der Waals surface area contributed by atoms with E-state index in [0.717, 1.165) is 6.92 Å². The summed E-state index contributed by atoms with van der Waals surface area (Å²) >= 11 is 0. The molecular formula is C9H11N3O4S. The number of nitrogens with zero attached hydrogens (tertiary/aromatic N) is 2. The van der Waals surface area contributed by atoms with E-state index in [1.807, 2.05) is 6.07 Å². The quantitative estimate of drug-likeness (QED) is 0.568. The van der Waals surface area contributed by atoms with Crippen LogP contribution in [0.1, 0.15) is 6.92 Å². The molecule has 0 atom stereocenters. The van der Waals surface area contributed by atoms with E-state index in [2.05, 4.69) is 9.36 Å². The van der Waals surface area contributed by atoms with Crippen molar-refractivity contribution in [3.8, 4) is 0 Å². The molecule has 0 aliphatic heterocycles. The molecular weight excluding hydrogens is 246 g/mol. The predicted octanol–water partition coefficient (Wildman–Crippen LogP) is 0.786. The monoisotopic (exact) mass is 257 g/mol. The molecule has 3 N–H and O–H groups in total. The highest BCUT2D eigenvalue weighted by Gasteiger charge is 1.89. The lowest BCUT2D eigenvalue weighted by Crippen LogP contribution is -2.06. The number of carboxylic acid groups (broad SMARTS) is 1. The van der Waals surface area contributed by atoms with Gasteiger partial charge in [0.25, 0.3) is 5.97 Å². The van der Waals surface area contributed by atoms with Gasteiger partial charge in [-0.2, -0.15) is 8.42 Å². The fourth-order valence-corrected chi connectivity index (χ4v) is 0.925. The van der Waals surface area contributed by atoms with Gasteiger partial charge in [0.1, 0.15) is 0 Å². The molecule has 0 saturated heterocycles. The maximum atomic E-state index is 10.1. The van der Waals surface area contributed by atoms with Gasteiger partial charge in [-0.15, -0.1) is 0 Å². The molecule has 0 saturated carbocycles. The van der Waals surface area contributed by atoms with Gasteiger partial charge in [0.2, 0.25) is 5.96 Å². The van der Waals surface area contributed by atoms with E-state index < -0.39 is 16.5 Å². The van der Waals surface area contributed by atoms with Gasteiger partial charge in [-0.25, -0.2) is 4.99 Å². The molecule has 0 amide bonds. The van der Waals surface area contributed by atoms with Crippen LogP contribution >= 0.6 is 0 Å². The van der Waals surface area contributed by atoms with Crippen molar-refractivity contribution in [3.05, 3.63) is 30.3 Å². The number of guanidine groups is 1. The number of aliphatic imine (C=N–C) groups is 1. The summed E-state index contributed by atoms with van der Waals surface area (Å²) in [5, 5.41) is 7.42. The smallest absolute Gasteiger partial charge is 0.319 e. The molecule has 0 spiro atoms. The van der Waals surface area contributed by atoms with Gasteiger partial charge in [-0.3, -0.25) is 4.79 Å². The van der Waals surface area contributed by atoms with Crippen LogP contribution in [0, 0.1) is 0 Å². The van der Waals surface area contributed by atoms with Gasteiger partial charge in [0.15, 0.2) is 0 Å². The van der Waals surface area contributed by atoms with Gasteiger partial charge in [-0.05, 0) is 12.1 Å². The van der Waals surface area contributed by atoms with E-state index in [1.165, 1.54) is 0 Å². The van der Waals surface area contributed by atoms with Crippen LogP contribution in [0.25, 0.3) is 0 Å². The number of aliphatic carboxylic acids is 1. The fraction of sp³-hybridized carbons (Fsp3) is 0.111. The third-order valence-corrected chi connectivity index (χ3v) is 1.50. The van der Waals surface area contributed by atoms with E-state index in [-0.39, 0.29) is 5.96 Å². The van der Waals surface area contributed by atoms with Crippen molar-refractivity contribution in [1.82, 2.24) is 0 Å². The Morgan fingerprint density at radius 2 is 1.76 bits per heavy atom. The first-order chi connectivity index (χ1) is 7.91. The van der Waals surface area contributed by atoms with Crippen LogP contribution in [0.5, 0.6) is 0 Å². The Morgan fingerprint density at radius 3 is 2.18 bits per heavy atom. The standard InChI is InChI=1S/C7H7N3O2S.C2H4O2/c8-7(10-13(11)12)9-6-4-2-1-3-5-6;1-2(3)4/h1-5H,(H2,8,9);1H3,(H,3,4). The summed E-state index contributed by atoms with van der Waals surface area (Å²) in [6.45, 7) is 1.08. The average molecular weight is 257 g/mol. The Kier molecular flexibility index (Phi) is 6.95. The third kappa shape index (κ3) is 10.1. The number of hydrogen-bond donors (Lipinski definition) is 2. The Morgan fingerprint density at radius 1 is 1.29 bits per heavy atom. The molecule has 8 heteroatoms. The van der Waals surface area contributed by atoms with Crippen molar-refractivity contribution in [3.63, 3.8) is 0 Å². The topological polar surface area (TPSA) is 122 Å². The Hall–Kier alpha value is -2.22. The molecule has 0 radical (unpaired) electrons. The van der Waals surface area contributed by atoms with Gasteiger partial charge in [0.05, 0.1) is 5.69 Å². The zero-order valence-corrected chi connectivity index (χ0v) is 9.76. The first-order valence-electron chi connectivity index (χ1n) is 4.31. The van der Waals surface area contributed by atoms with Crippen molar-refractivity contribution in [1.29, 1.82) is 0 Å². The minimum absolute atomic E-state index is 0.278. The molecule has 1 aromatic carbocycles. The number of nitrogens with two attached hydrogens (primary N) is 1. The number of hydrogen-bond acceptors (Lipinski definition) is 4. The summed E-state index contributed by atoms with van der Waals surface area (Å²) in [5.74, 6) is -1.11. The number of benzene rings is 1. The van der Waals surface area contributed by atoms with Crippen LogP contribution in [-0.2, 0) is 15.3 Å². The third-order valence-electron chi connectivity index (χ3n) is 1.17. The minimum atomic E-state index is -2.55. The second kappa shape index (κ2) is 7.99. The lowest BCUT2D eigenvalue weighted by Gasteiger charge is -1.90. The zero-order valence-electron chi connectivity index (χ0n) is 8.94. The summed E-state index contributed by atoms with van der Waals surface area (Å²) in [6.07, 6.45) is 0. The van der Waals surface area contributed by atoms with Crippen molar-refractivity contribution in [2.45, 2.75) is 6.92 Å². The molecule has 1 aromatic rings. The van der Waals surface area contributed by atoms with E-state index in [9.17, 15) is 8.42 Å². The normalized spacial score (nSPS) is 9.82. The second-order valence-corrected chi connectivity index (χ2v) is 3.25. The largest absolute Gasteiger partial charge is 0.481 e. The van der Waals surface area contributed by atoms with Crippen LogP contribution in [-0.4, -0.2) is 25.5 Å². The second-order valence-electron chi connectivity index (χ2n) is 2.63. The fourth-order valence-electron chi connectivity index (χ4n) is 0.732. The van der Waals surface area contributed by atoms with Gasteiger partial charge >= 0.3 is 10.5 Å². The molecule has 17 heavy (non-hydrogen) atoms. The van der Waals surface area contributed by atoms with Crippen molar-refractivity contribution in [2.75, 3.05) is 0 Å². The molecule has 7 nitrogen and oxygen atoms in total. The zero-order chi connectivity index (χ0) is 13.3. The summed E-state index contributed by atoms with van der Waals surface area (Å²) in [4.78, 5) is 12.7. The average Bonchev–Trinajstić information content (AvgIpc) is 2.16. The highest BCUT2D eigenvalue weighted by atomic mass is 32.2. The Bertz CT molecular complexity index is 510. The number of para-hydroxylation sites is 1. The van der Waals surface area contributed by atoms with Gasteiger partial charge < -0.3 is 10.8 Å². The van der Waals surface area contributed by atoms with Crippen LogP contribution < -0.4 is 5.73 Å². The molecule has 0 heterocycles. The maximum absolute atomic E-state index is 10.1. The molecule has 0 aliphatic carbocycles. The van der Waals surface area contributed by atoms with Crippen molar-refractivity contribution >= 4 is 28.1 Å². The molecule has 0 unspecified atom stereocenters. The lowest BCUT2D eigenvalue weighted by molar-refractivity contribution is -0.134. The first-order valence-corrected chi connectivity index (χ1v) is 5.35. The summed E-state index contributed by atoms with van der Waals surface area (Å²) < 4.78 is 23.2. The van der Waals surface area contributed by atoms with E-state index in [1.54, 1.807) is 24.3 Å². The van der Waals surface area contributed by atoms with Crippen LogP contribution in [0.15, 0.2) is 39.7 Å². The predicted molar refractivity (Wildman–Crippen MR) is 62.4 cm³/mol. The van der Waals surface area contributed by atoms with Gasteiger partial charge in [0, 0.05) is 6.92 Å². The molecule has 0 bridgehead atoms. The molecule has 0 aromatic heterocycles. The molecule has 0 aliphatic rings. The van der Waals surface area contributed by atoms with E-state index >= 15 is 0 Å². The number of carboxylic acids is 1. The maximum Gasteiger partial charge on any atom is 0.319 e. The van der Waals surface area contributed by atoms with E-state index in [4.69, 9.17) is 15.6 Å². The highest BCUT2D eigenvalue weighted by Crippen LogP contribution is 2.08. The summed E-state index contributed by atoms with van der Waals surface area (Å²) in [7, 11) is -2.55. The Labute approximate surface area is 99.3 Å². The SMILES string of the molecule is CC(=O)O.NC(=Nc1ccccc1)N=S(=O)=O. The lowest BCUT2D eigenvalue weighted by atomic mass is 10.3. The van der Waals surface area contributed by atoms with E-state index in [0.29, 0.717) is 5.69 Å². The minimum Gasteiger partial charge on any atom is -0.481 e. The van der Waals surface area contributed by atoms with Crippen LogP contribution in [0.2, 0.25) is 0 Å².